The van der Waals surface area contributed by atoms with Gasteiger partial charge in [0.2, 0.25) is 0 Å². The normalized spacial score (nSPS) is 10.5. The van der Waals surface area contributed by atoms with E-state index in [4.69, 9.17) is 9.84 Å². The highest BCUT2D eigenvalue weighted by molar-refractivity contribution is 7.16. The fourth-order valence-electron chi connectivity index (χ4n) is 2.04. The largest absolute Gasteiger partial charge is 0.478 e. The van der Waals surface area contributed by atoms with Gasteiger partial charge in [-0.05, 0) is 19.4 Å². The van der Waals surface area contributed by atoms with Crippen molar-refractivity contribution in [3.63, 3.8) is 0 Å². The number of rotatable bonds is 6. The molecule has 24 heavy (non-hydrogen) atoms. The van der Waals surface area contributed by atoms with E-state index in [1.165, 1.54) is 29.3 Å². The van der Waals surface area contributed by atoms with Crippen LogP contribution in [0.3, 0.4) is 0 Å². The Hall–Kier alpha value is -2.68. The highest BCUT2D eigenvalue weighted by Crippen LogP contribution is 2.30. The molecular weight excluding hydrogens is 334 g/mol. The van der Waals surface area contributed by atoms with E-state index in [1.807, 2.05) is 6.92 Å². The van der Waals surface area contributed by atoms with Crippen molar-refractivity contribution in [3.05, 3.63) is 34.0 Å². The molecular formula is C15H17N3O5S. The molecule has 2 aromatic rings. The molecule has 0 unspecified atom stereocenters. The van der Waals surface area contributed by atoms with E-state index >= 15 is 0 Å². The third-order valence-electron chi connectivity index (χ3n) is 3.13. The van der Waals surface area contributed by atoms with Gasteiger partial charge in [-0.2, -0.15) is 5.10 Å². The molecule has 128 valence electrons. The van der Waals surface area contributed by atoms with Crippen LogP contribution in [0.5, 0.6) is 0 Å². The molecule has 2 aromatic heterocycles. The quantitative estimate of drug-likeness (QED) is 0.772. The third kappa shape index (κ3) is 3.62. The van der Waals surface area contributed by atoms with Crippen LogP contribution in [0.2, 0.25) is 0 Å². The molecule has 9 heteroatoms. The van der Waals surface area contributed by atoms with Crippen molar-refractivity contribution < 1.29 is 24.2 Å². The molecule has 0 aromatic carbocycles. The monoisotopic (exact) mass is 351 g/mol. The number of ether oxygens (including phenoxy) is 1. The van der Waals surface area contributed by atoms with Crippen LogP contribution in [0.4, 0.5) is 5.00 Å². The number of aromatic nitrogens is 2. The Morgan fingerprint density at radius 2 is 2.04 bits per heavy atom. The summed E-state index contributed by atoms with van der Waals surface area (Å²) in [4.78, 5) is 36.5. The average Bonchev–Trinajstić information content (AvgIpc) is 3.11. The molecule has 0 saturated heterocycles. The Morgan fingerprint density at radius 1 is 1.33 bits per heavy atom. The van der Waals surface area contributed by atoms with Gasteiger partial charge in [-0.15, -0.1) is 11.3 Å². The van der Waals surface area contributed by atoms with Crippen molar-refractivity contribution in [1.82, 2.24) is 9.78 Å². The second kappa shape index (κ2) is 7.26. The van der Waals surface area contributed by atoms with E-state index in [0.29, 0.717) is 11.4 Å². The Morgan fingerprint density at radius 3 is 2.62 bits per heavy atom. The van der Waals surface area contributed by atoms with Crippen molar-refractivity contribution in [2.75, 3.05) is 11.9 Å². The molecule has 0 spiro atoms. The minimum absolute atomic E-state index is 0.208. The Bertz CT molecular complexity index is 793. The first kappa shape index (κ1) is 17.7. The van der Waals surface area contributed by atoms with Crippen LogP contribution in [-0.4, -0.2) is 39.3 Å². The Balaban J connectivity index is 2.34. The summed E-state index contributed by atoms with van der Waals surface area (Å²) in [5.41, 5.74) is -0.175. The number of anilines is 1. The molecule has 0 atom stereocenters. The van der Waals surface area contributed by atoms with Crippen LogP contribution in [0.1, 0.15) is 49.9 Å². The molecule has 0 aliphatic heterocycles. The summed E-state index contributed by atoms with van der Waals surface area (Å²) in [6, 6.07) is 1.66. The summed E-state index contributed by atoms with van der Waals surface area (Å²) in [7, 11) is 1.52. The van der Waals surface area contributed by atoms with E-state index in [2.05, 4.69) is 10.4 Å². The second-order valence-corrected chi connectivity index (χ2v) is 5.99. The summed E-state index contributed by atoms with van der Waals surface area (Å²) in [6.45, 7) is 3.83. The van der Waals surface area contributed by atoms with Gasteiger partial charge in [-0.1, -0.05) is 6.92 Å². The number of aromatic carboxylic acids is 1. The van der Waals surface area contributed by atoms with Crippen LogP contribution in [0.25, 0.3) is 0 Å². The molecule has 2 rings (SSSR count). The van der Waals surface area contributed by atoms with Crippen molar-refractivity contribution in [1.29, 1.82) is 0 Å². The van der Waals surface area contributed by atoms with Crippen molar-refractivity contribution in [3.8, 4) is 0 Å². The smallest absolute Gasteiger partial charge is 0.341 e. The number of carbonyl (C=O) groups is 3. The number of thiophene rings is 1. The minimum Gasteiger partial charge on any atom is -0.478 e. The fraction of sp³-hybridized carbons (Fsp3) is 0.333. The van der Waals surface area contributed by atoms with Crippen molar-refractivity contribution in [2.24, 2.45) is 7.05 Å². The molecule has 1 amide bonds. The average molecular weight is 351 g/mol. The molecule has 0 saturated carbocycles. The second-order valence-electron chi connectivity index (χ2n) is 4.85. The zero-order valence-electron chi connectivity index (χ0n) is 13.5. The lowest BCUT2D eigenvalue weighted by Gasteiger charge is -2.05. The topological polar surface area (TPSA) is 111 Å². The minimum atomic E-state index is -1.25. The maximum Gasteiger partial charge on any atom is 0.341 e. The molecule has 2 heterocycles. The molecule has 0 fully saturated rings. The van der Waals surface area contributed by atoms with Gasteiger partial charge in [0.05, 0.1) is 12.2 Å². The highest BCUT2D eigenvalue weighted by atomic mass is 32.1. The molecule has 8 nitrogen and oxygen atoms in total. The van der Waals surface area contributed by atoms with Crippen LogP contribution in [0, 0.1) is 0 Å². The van der Waals surface area contributed by atoms with E-state index in [-0.39, 0.29) is 23.4 Å². The number of esters is 1. The highest BCUT2D eigenvalue weighted by Gasteiger charge is 2.24. The Labute approximate surface area is 142 Å². The lowest BCUT2D eigenvalue weighted by Crippen LogP contribution is -2.17. The van der Waals surface area contributed by atoms with Gasteiger partial charge in [0.15, 0.2) is 5.69 Å². The first-order valence-electron chi connectivity index (χ1n) is 7.25. The van der Waals surface area contributed by atoms with Crippen LogP contribution in [0.15, 0.2) is 12.3 Å². The molecule has 0 aliphatic carbocycles. The number of amides is 1. The number of nitrogens with zero attached hydrogens (tertiary/aromatic N) is 2. The standard InChI is InChI=1S/C15H17N3O5S/c1-4-8-6-9(15(22)23-5-2)13(24-8)16-12(19)11-10(14(20)21)7-18(3)17-11/h6-7H,4-5H2,1-3H3,(H,16,19)(H,20,21). The van der Waals surface area contributed by atoms with Crippen LogP contribution in [-0.2, 0) is 18.2 Å². The van der Waals surface area contributed by atoms with Gasteiger partial charge in [-0.3, -0.25) is 9.48 Å². The first-order valence-corrected chi connectivity index (χ1v) is 8.07. The summed E-state index contributed by atoms with van der Waals surface area (Å²) < 4.78 is 6.23. The maximum atomic E-state index is 12.4. The number of carboxylic acid groups (broad SMARTS) is 1. The number of hydrogen-bond acceptors (Lipinski definition) is 6. The third-order valence-corrected chi connectivity index (χ3v) is 4.32. The zero-order valence-corrected chi connectivity index (χ0v) is 14.3. The predicted molar refractivity (Wildman–Crippen MR) is 87.8 cm³/mol. The molecule has 2 N–H and O–H groups in total. The van der Waals surface area contributed by atoms with Crippen LogP contribution < -0.4 is 5.32 Å². The summed E-state index contributed by atoms with van der Waals surface area (Å²) in [5.74, 6) is -2.48. The maximum absolute atomic E-state index is 12.4. The van der Waals surface area contributed by atoms with Gasteiger partial charge in [0.25, 0.3) is 5.91 Å². The Kier molecular flexibility index (Phi) is 5.35. The van der Waals surface area contributed by atoms with Gasteiger partial charge in [0.1, 0.15) is 10.6 Å². The summed E-state index contributed by atoms with van der Waals surface area (Å²) >= 11 is 1.24. The zero-order chi connectivity index (χ0) is 17.9. The van der Waals surface area contributed by atoms with E-state index < -0.39 is 17.8 Å². The predicted octanol–water partition coefficient (Wildman–Crippen LogP) is 2.17. The SMILES string of the molecule is CCOC(=O)c1cc(CC)sc1NC(=O)c1nn(C)cc1C(=O)O. The van der Waals surface area contributed by atoms with Crippen molar-refractivity contribution >= 4 is 34.2 Å². The molecule has 0 aliphatic rings. The first-order chi connectivity index (χ1) is 11.4. The van der Waals surface area contributed by atoms with Crippen LogP contribution >= 0.6 is 11.3 Å². The fourth-order valence-corrected chi connectivity index (χ4v) is 3.02. The lowest BCUT2D eigenvalue weighted by molar-refractivity contribution is 0.0527. The lowest BCUT2D eigenvalue weighted by atomic mass is 10.2. The number of nitrogens with one attached hydrogen (secondary N) is 1. The van der Waals surface area contributed by atoms with Gasteiger partial charge < -0.3 is 15.2 Å². The number of carbonyl (C=O) groups excluding carboxylic acids is 2. The van der Waals surface area contributed by atoms with E-state index in [9.17, 15) is 14.4 Å². The number of hydrogen-bond donors (Lipinski definition) is 2. The molecule has 0 bridgehead atoms. The van der Waals surface area contributed by atoms with E-state index in [0.717, 1.165) is 4.88 Å². The van der Waals surface area contributed by atoms with Crippen molar-refractivity contribution in [2.45, 2.75) is 20.3 Å². The number of carboxylic acids is 1. The number of aryl methyl sites for hydroxylation is 2. The van der Waals surface area contributed by atoms with E-state index in [1.54, 1.807) is 13.0 Å². The van der Waals surface area contributed by atoms with Gasteiger partial charge in [0, 0.05) is 18.1 Å². The summed E-state index contributed by atoms with van der Waals surface area (Å²) in [5, 5.41) is 15.9. The molecule has 0 radical (unpaired) electrons. The van der Waals surface area contributed by atoms with Gasteiger partial charge in [-0.25, -0.2) is 9.59 Å². The van der Waals surface area contributed by atoms with Gasteiger partial charge >= 0.3 is 11.9 Å². The summed E-state index contributed by atoms with van der Waals surface area (Å²) in [6.07, 6.45) is 1.94.